The summed E-state index contributed by atoms with van der Waals surface area (Å²) in [5, 5.41) is 2.27. The number of amides is 2. The Balaban J connectivity index is 1.28. The van der Waals surface area contributed by atoms with Crippen LogP contribution >= 0.6 is 0 Å². The van der Waals surface area contributed by atoms with E-state index in [2.05, 4.69) is 26.1 Å². The van der Waals surface area contributed by atoms with E-state index in [1.165, 1.54) is 16.5 Å². The third kappa shape index (κ3) is 7.19. The Morgan fingerprint density at radius 2 is 1.55 bits per heavy atom. The number of carbonyl (C=O) groups is 3. The van der Waals surface area contributed by atoms with Crippen LogP contribution in [0.3, 0.4) is 0 Å². The van der Waals surface area contributed by atoms with Gasteiger partial charge in [-0.05, 0) is 65.6 Å². The van der Waals surface area contributed by atoms with Crippen LogP contribution in [-0.2, 0) is 30.7 Å². The summed E-state index contributed by atoms with van der Waals surface area (Å²) in [5.74, 6) is -1.33. The fourth-order valence-electron chi connectivity index (χ4n) is 4.19. The van der Waals surface area contributed by atoms with E-state index in [4.69, 9.17) is 9.47 Å². The van der Waals surface area contributed by atoms with Crippen LogP contribution < -0.4 is 15.0 Å². The number of alkyl halides is 3. The molecule has 0 aliphatic carbocycles. The number of benzene rings is 3. The third-order valence-electron chi connectivity index (χ3n) is 6.38. The molecule has 3 aromatic rings. The average Bonchev–Trinajstić information content (AvgIpc) is 3.29. The number of ether oxygens (including phenoxy) is 2. The van der Waals surface area contributed by atoms with Gasteiger partial charge in [-0.2, -0.15) is 13.2 Å². The quantitative estimate of drug-likeness (QED) is 0.345. The summed E-state index contributed by atoms with van der Waals surface area (Å²) in [6.45, 7) is 5.77. The number of nitrogens with one attached hydrogen (secondary N) is 1. The molecule has 3 aromatic carbocycles. The first kappa shape index (κ1) is 28.7. The van der Waals surface area contributed by atoms with Crippen LogP contribution in [0.25, 0.3) is 0 Å². The number of nitrogens with zero attached hydrogens (tertiary/aromatic N) is 1. The maximum Gasteiger partial charge on any atom is 0.416 e. The van der Waals surface area contributed by atoms with Crippen molar-refractivity contribution in [3.8, 4) is 11.5 Å². The highest BCUT2D eigenvalue weighted by Gasteiger charge is 2.36. The molecule has 1 saturated heterocycles. The lowest BCUT2D eigenvalue weighted by Crippen LogP contribution is -2.28. The highest BCUT2D eigenvalue weighted by atomic mass is 19.4. The summed E-state index contributed by atoms with van der Waals surface area (Å²) in [5.41, 5.74) is 0.810. The van der Waals surface area contributed by atoms with E-state index in [1.807, 2.05) is 24.3 Å². The molecular formula is C30H29F3N2O5. The fourth-order valence-corrected chi connectivity index (χ4v) is 4.19. The molecule has 0 radical (unpaired) electrons. The Morgan fingerprint density at radius 3 is 2.15 bits per heavy atom. The van der Waals surface area contributed by atoms with Gasteiger partial charge in [-0.3, -0.25) is 14.4 Å². The predicted molar refractivity (Wildman–Crippen MR) is 143 cm³/mol. The minimum Gasteiger partial charge on any atom is -0.457 e. The van der Waals surface area contributed by atoms with Crippen molar-refractivity contribution in [1.29, 1.82) is 0 Å². The molecule has 0 aromatic heterocycles. The van der Waals surface area contributed by atoms with Crippen molar-refractivity contribution >= 4 is 29.2 Å². The molecule has 7 nitrogen and oxygen atoms in total. The summed E-state index contributed by atoms with van der Waals surface area (Å²) >= 11 is 0. The average molecular weight is 555 g/mol. The topological polar surface area (TPSA) is 84.9 Å². The Labute approximate surface area is 229 Å². The van der Waals surface area contributed by atoms with E-state index in [0.29, 0.717) is 17.2 Å². The van der Waals surface area contributed by atoms with Gasteiger partial charge in [-0.15, -0.1) is 0 Å². The molecule has 1 atom stereocenters. The predicted octanol–water partition coefficient (Wildman–Crippen LogP) is 6.33. The van der Waals surface area contributed by atoms with Crippen LogP contribution in [0.2, 0.25) is 0 Å². The molecule has 1 N–H and O–H groups in total. The van der Waals surface area contributed by atoms with E-state index < -0.39 is 36.1 Å². The molecule has 1 fully saturated rings. The molecule has 1 aliphatic rings. The standard InChI is InChI=1S/C30H29F3N2O5/c1-29(2,3)20-7-11-24(12-8-20)40-25-13-9-23(10-14-25)35-17-19(15-27(35)37)28(38)39-18-26(36)34-22-6-4-5-21(16-22)30(31,32)33/h4-14,16,19H,15,17-18H2,1-3H3,(H,34,36)/t19-/m1/s1. The number of esters is 1. The second kappa shape index (κ2) is 11.4. The highest BCUT2D eigenvalue weighted by Crippen LogP contribution is 2.32. The number of anilines is 2. The van der Waals surface area contributed by atoms with Crippen molar-refractivity contribution in [1.82, 2.24) is 0 Å². The molecule has 40 heavy (non-hydrogen) atoms. The van der Waals surface area contributed by atoms with Gasteiger partial charge in [0.2, 0.25) is 5.91 Å². The van der Waals surface area contributed by atoms with Crippen molar-refractivity contribution in [3.63, 3.8) is 0 Å². The third-order valence-corrected chi connectivity index (χ3v) is 6.38. The minimum atomic E-state index is -4.56. The van der Waals surface area contributed by atoms with Gasteiger partial charge in [0.05, 0.1) is 11.5 Å². The first-order valence-corrected chi connectivity index (χ1v) is 12.6. The Kier molecular flexibility index (Phi) is 8.18. The molecule has 1 aliphatic heterocycles. The molecule has 4 rings (SSSR count). The van der Waals surface area contributed by atoms with Gasteiger partial charge in [0.25, 0.3) is 5.91 Å². The molecule has 10 heteroatoms. The van der Waals surface area contributed by atoms with Gasteiger partial charge >= 0.3 is 12.1 Å². The maximum atomic E-state index is 12.9. The van der Waals surface area contributed by atoms with Gasteiger partial charge in [0.15, 0.2) is 6.61 Å². The van der Waals surface area contributed by atoms with Gasteiger partial charge in [0, 0.05) is 24.3 Å². The first-order chi connectivity index (χ1) is 18.8. The summed E-state index contributed by atoms with van der Waals surface area (Å²) in [4.78, 5) is 38.7. The monoisotopic (exact) mass is 554 g/mol. The summed E-state index contributed by atoms with van der Waals surface area (Å²) in [7, 11) is 0. The zero-order valence-corrected chi connectivity index (χ0v) is 22.2. The molecule has 0 spiro atoms. The SMILES string of the molecule is CC(C)(C)c1ccc(Oc2ccc(N3C[C@H](C(=O)OCC(=O)Nc4cccc(C(F)(F)F)c4)CC3=O)cc2)cc1. The highest BCUT2D eigenvalue weighted by molar-refractivity contribution is 6.00. The molecule has 210 valence electrons. The molecule has 1 heterocycles. The van der Waals surface area contributed by atoms with Crippen molar-refractivity contribution in [2.24, 2.45) is 5.92 Å². The second-order valence-corrected chi connectivity index (χ2v) is 10.5. The maximum absolute atomic E-state index is 12.9. The summed E-state index contributed by atoms with van der Waals surface area (Å²) < 4.78 is 49.5. The summed E-state index contributed by atoms with van der Waals surface area (Å²) in [6.07, 6.45) is -4.65. The number of carbonyl (C=O) groups excluding carboxylic acids is 3. The lowest BCUT2D eigenvalue weighted by molar-refractivity contribution is -0.151. The lowest BCUT2D eigenvalue weighted by atomic mass is 9.87. The molecule has 0 unspecified atom stereocenters. The van der Waals surface area contributed by atoms with Crippen LogP contribution in [0.4, 0.5) is 24.5 Å². The van der Waals surface area contributed by atoms with Crippen molar-refractivity contribution in [3.05, 3.63) is 83.9 Å². The van der Waals surface area contributed by atoms with Gasteiger partial charge in [-0.25, -0.2) is 0 Å². The van der Waals surface area contributed by atoms with Crippen LogP contribution in [-0.4, -0.2) is 30.9 Å². The molecule has 2 amide bonds. The van der Waals surface area contributed by atoms with Gasteiger partial charge < -0.3 is 19.7 Å². The molecule has 0 saturated carbocycles. The molecular weight excluding hydrogens is 525 g/mol. The van der Waals surface area contributed by atoms with Gasteiger partial charge in [0.1, 0.15) is 11.5 Å². The van der Waals surface area contributed by atoms with Crippen LogP contribution in [0.15, 0.2) is 72.8 Å². The van der Waals surface area contributed by atoms with Crippen LogP contribution in [0.5, 0.6) is 11.5 Å². The zero-order chi connectivity index (χ0) is 29.1. The normalized spacial score (nSPS) is 15.6. The van der Waals surface area contributed by atoms with Crippen molar-refractivity contribution < 1.29 is 37.0 Å². The van der Waals surface area contributed by atoms with Crippen LogP contribution in [0, 0.1) is 5.92 Å². The Morgan fingerprint density at radius 1 is 0.925 bits per heavy atom. The Hall–Kier alpha value is -4.34. The lowest BCUT2D eigenvalue weighted by Gasteiger charge is -2.19. The van der Waals surface area contributed by atoms with E-state index in [9.17, 15) is 27.6 Å². The van der Waals surface area contributed by atoms with Crippen molar-refractivity contribution in [2.75, 3.05) is 23.4 Å². The minimum absolute atomic E-state index is 0.0332. The largest absolute Gasteiger partial charge is 0.457 e. The van der Waals surface area contributed by atoms with Crippen molar-refractivity contribution in [2.45, 2.75) is 38.8 Å². The van der Waals surface area contributed by atoms with E-state index in [0.717, 1.165) is 18.2 Å². The van der Waals surface area contributed by atoms with Gasteiger partial charge in [-0.1, -0.05) is 39.0 Å². The number of hydrogen-bond acceptors (Lipinski definition) is 5. The van der Waals surface area contributed by atoms with E-state index >= 15 is 0 Å². The second-order valence-electron chi connectivity index (χ2n) is 10.5. The van der Waals surface area contributed by atoms with E-state index in [-0.39, 0.29) is 30.0 Å². The number of hydrogen-bond donors (Lipinski definition) is 1. The van der Waals surface area contributed by atoms with Crippen LogP contribution in [0.1, 0.15) is 38.3 Å². The fraction of sp³-hybridized carbons (Fsp3) is 0.300. The Bertz CT molecular complexity index is 1380. The first-order valence-electron chi connectivity index (χ1n) is 12.6. The smallest absolute Gasteiger partial charge is 0.416 e. The zero-order valence-electron chi connectivity index (χ0n) is 22.2. The number of halogens is 3. The number of rotatable bonds is 7. The molecule has 0 bridgehead atoms. The summed E-state index contributed by atoms with van der Waals surface area (Å²) in [6, 6.07) is 18.8. The van der Waals surface area contributed by atoms with E-state index in [1.54, 1.807) is 24.3 Å².